The fraction of sp³-hybridized carbons (Fsp3) is 0.529. The number of carbonyl (C=O) groups is 1. The second kappa shape index (κ2) is 10.1. The number of nitrogens with zero attached hydrogens (tertiary/aromatic N) is 1. The number of ether oxygens (including phenoxy) is 2. The SMILES string of the molecule is CCCCC(=O)N/N=C/c1cc(Cl)c(OC(C)C)c(OCC)c1. The average molecular weight is 341 g/mol. The van der Waals surface area contributed by atoms with Crippen LogP contribution < -0.4 is 14.9 Å². The van der Waals surface area contributed by atoms with Crippen LogP contribution in [-0.2, 0) is 4.79 Å². The van der Waals surface area contributed by atoms with Crippen LogP contribution in [0.2, 0.25) is 5.02 Å². The van der Waals surface area contributed by atoms with Gasteiger partial charge < -0.3 is 9.47 Å². The summed E-state index contributed by atoms with van der Waals surface area (Å²) in [6, 6.07) is 3.51. The predicted molar refractivity (Wildman–Crippen MR) is 93.6 cm³/mol. The first-order valence-electron chi connectivity index (χ1n) is 7.92. The van der Waals surface area contributed by atoms with Crippen molar-refractivity contribution < 1.29 is 14.3 Å². The van der Waals surface area contributed by atoms with Crippen LogP contribution in [-0.4, -0.2) is 24.8 Å². The molecule has 0 atom stereocenters. The molecule has 6 heteroatoms. The number of halogens is 1. The first-order valence-corrected chi connectivity index (χ1v) is 8.30. The molecule has 0 saturated carbocycles. The van der Waals surface area contributed by atoms with Gasteiger partial charge in [0.2, 0.25) is 5.91 Å². The Bertz CT molecular complexity index is 545. The Morgan fingerprint density at radius 1 is 1.39 bits per heavy atom. The Morgan fingerprint density at radius 3 is 2.74 bits per heavy atom. The van der Waals surface area contributed by atoms with E-state index in [1.54, 1.807) is 12.1 Å². The molecule has 0 aliphatic rings. The van der Waals surface area contributed by atoms with Crippen molar-refractivity contribution in [3.8, 4) is 11.5 Å². The normalized spacial score (nSPS) is 11.0. The van der Waals surface area contributed by atoms with Crippen LogP contribution in [0.15, 0.2) is 17.2 Å². The zero-order valence-corrected chi connectivity index (χ0v) is 14.9. The van der Waals surface area contributed by atoms with Crippen LogP contribution in [0.1, 0.15) is 52.5 Å². The summed E-state index contributed by atoms with van der Waals surface area (Å²) in [6.07, 6.45) is 3.83. The van der Waals surface area contributed by atoms with E-state index in [4.69, 9.17) is 21.1 Å². The third kappa shape index (κ3) is 6.91. The molecule has 1 N–H and O–H groups in total. The highest BCUT2D eigenvalue weighted by molar-refractivity contribution is 6.32. The van der Waals surface area contributed by atoms with Gasteiger partial charge in [-0.05, 0) is 44.9 Å². The van der Waals surface area contributed by atoms with Gasteiger partial charge in [0.15, 0.2) is 11.5 Å². The van der Waals surface area contributed by atoms with Crippen molar-refractivity contribution in [1.82, 2.24) is 5.43 Å². The highest BCUT2D eigenvalue weighted by atomic mass is 35.5. The third-order valence-corrected chi connectivity index (χ3v) is 3.13. The largest absolute Gasteiger partial charge is 0.490 e. The second-order valence-electron chi connectivity index (χ2n) is 5.33. The van der Waals surface area contributed by atoms with Gasteiger partial charge in [-0.2, -0.15) is 5.10 Å². The summed E-state index contributed by atoms with van der Waals surface area (Å²) in [7, 11) is 0. The van der Waals surface area contributed by atoms with Crippen molar-refractivity contribution in [2.45, 2.75) is 53.1 Å². The van der Waals surface area contributed by atoms with Crippen LogP contribution in [0.4, 0.5) is 0 Å². The van der Waals surface area contributed by atoms with E-state index in [0.29, 0.717) is 29.5 Å². The molecular weight excluding hydrogens is 316 g/mol. The molecule has 128 valence electrons. The second-order valence-corrected chi connectivity index (χ2v) is 5.73. The van der Waals surface area contributed by atoms with E-state index in [1.165, 1.54) is 6.21 Å². The third-order valence-electron chi connectivity index (χ3n) is 2.85. The number of hydrogen-bond acceptors (Lipinski definition) is 4. The van der Waals surface area contributed by atoms with Gasteiger partial charge in [0.25, 0.3) is 0 Å². The van der Waals surface area contributed by atoms with E-state index in [0.717, 1.165) is 18.4 Å². The molecule has 0 spiro atoms. The number of benzene rings is 1. The molecular formula is C17H25ClN2O3. The van der Waals surface area contributed by atoms with Crippen LogP contribution in [0.3, 0.4) is 0 Å². The molecule has 0 aliphatic carbocycles. The maximum absolute atomic E-state index is 11.5. The van der Waals surface area contributed by atoms with Crippen LogP contribution in [0.25, 0.3) is 0 Å². The summed E-state index contributed by atoms with van der Waals surface area (Å²) in [5, 5.41) is 4.40. The number of unbranched alkanes of at least 4 members (excludes halogenated alkanes) is 1. The molecule has 0 saturated heterocycles. The molecule has 1 aromatic rings. The highest BCUT2D eigenvalue weighted by Gasteiger charge is 2.13. The fourth-order valence-corrected chi connectivity index (χ4v) is 2.11. The van der Waals surface area contributed by atoms with Crippen molar-refractivity contribution in [3.63, 3.8) is 0 Å². The van der Waals surface area contributed by atoms with Gasteiger partial charge in [-0.1, -0.05) is 24.9 Å². The quantitative estimate of drug-likeness (QED) is 0.542. The van der Waals surface area contributed by atoms with Gasteiger partial charge in [-0.3, -0.25) is 4.79 Å². The molecule has 0 heterocycles. The predicted octanol–water partition coefficient (Wildman–Crippen LogP) is 4.17. The minimum atomic E-state index is -0.0982. The van der Waals surface area contributed by atoms with Gasteiger partial charge in [-0.15, -0.1) is 0 Å². The van der Waals surface area contributed by atoms with Gasteiger partial charge in [0, 0.05) is 6.42 Å². The molecule has 1 rings (SSSR count). The van der Waals surface area contributed by atoms with Gasteiger partial charge in [-0.25, -0.2) is 5.43 Å². The summed E-state index contributed by atoms with van der Waals surface area (Å²) < 4.78 is 11.3. The van der Waals surface area contributed by atoms with Gasteiger partial charge in [0.05, 0.1) is 23.9 Å². The Kier molecular flexibility index (Phi) is 8.48. The molecule has 0 bridgehead atoms. The lowest BCUT2D eigenvalue weighted by Crippen LogP contribution is -2.16. The van der Waals surface area contributed by atoms with E-state index in [-0.39, 0.29) is 12.0 Å². The average Bonchev–Trinajstić information content (AvgIpc) is 2.48. The summed E-state index contributed by atoms with van der Waals surface area (Å²) >= 11 is 6.27. The maximum atomic E-state index is 11.5. The van der Waals surface area contributed by atoms with Crippen molar-refractivity contribution in [2.75, 3.05) is 6.61 Å². The number of amides is 1. The number of nitrogens with one attached hydrogen (secondary N) is 1. The Hall–Kier alpha value is -1.75. The molecule has 0 aliphatic heterocycles. The zero-order valence-electron chi connectivity index (χ0n) is 14.2. The Balaban J connectivity index is 2.85. The maximum Gasteiger partial charge on any atom is 0.240 e. The van der Waals surface area contributed by atoms with E-state index < -0.39 is 0 Å². The minimum absolute atomic E-state index is 0.0101. The Morgan fingerprint density at radius 2 is 2.13 bits per heavy atom. The lowest BCUT2D eigenvalue weighted by atomic mass is 10.2. The molecule has 23 heavy (non-hydrogen) atoms. The lowest BCUT2D eigenvalue weighted by Gasteiger charge is -2.16. The van der Waals surface area contributed by atoms with Gasteiger partial charge >= 0.3 is 0 Å². The first-order chi connectivity index (χ1) is 11.0. The summed E-state index contributed by atoms with van der Waals surface area (Å²) in [5.41, 5.74) is 3.23. The molecule has 0 unspecified atom stereocenters. The summed E-state index contributed by atoms with van der Waals surface area (Å²) in [6.45, 7) is 8.27. The van der Waals surface area contributed by atoms with Crippen molar-refractivity contribution in [2.24, 2.45) is 5.10 Å². The highest BCUT2D eigenvalue weighted by Crippen LogP contribution is 2.37. The molecule has 0 fully saturated rings. The number of carbonyl (C=O) groups excluding carboxylic acids is 1. The fourth-order valence-electron chi connectivity index (χ4n) is 1.85. The van der Waals surface area contributed by atoms with Crippen LogP contribution in [0, 0.1) is 0 Å². The number of hydrogen-bond donors (Lipinski definition) is 1. The minimum Gasteiger partial charge on any atom is -0.490 e. The molecule has 0 radical (unpaired) electrons. The van der Waals surface area contributed by atoms with Crippen LogP contribution in [0.5, 0.6) is 11.5 Å². The van der Waals surface area contributed by atoms with E-state index in [1.807, 2.05) is 27.7 Å². The van der Waals surface area contributed by atoms with Crippen molar-refractivity contribution in [3.05, 3.63) is 22.7 Å². The number of hydrazone groups is 1. The van der Waals surface area contributed by atoms with Crippen molar-refractivity contribution >= 4 is 23.7 Å². The summed E-state index contributed by atoms with van der Waals surface area (Å²) in [5.74, 6) is 0.985. The molecule has 0 aromatic heterocycles. The zero-order chi connectivity index (χ0) is 17.2. The van der Waals surface area contributed by atoms with E-state index in [9.17, 15) is 4.79 Å². The molecule has 1 amide bonds. The molecule has 1 aromatic carbocycles. The topological polar surface area (TPSA) is 59.9 Å². The first kappa shape index (κ1) is 19.3. The lowest BCUT2D eigenvalue weighted by molar-refractivity contribution is -0.121. The van der Waals surface area contributed by atoms with Gasteiger partial charge in [0.1, 0.15) is 0 Å². The number of rotatable bonds is 9. The Labute approximate surface area is 143 Å². The standard InChI is InChI=1S/C17H25ClN2O3/c1-5-7-8-16(21)20-19-11-13-9-14(18)17(23-12(3)4)15(10-13)22-6-2/h9-12H,5-8H2,1-4H3,(H,20,21)/b19-11+. The molecule has 5 nitrogen and oxygen atoms in total. The monoisotopic (exact) mass is 340 g/mol. The van der Waals surface area contributed by atoms with Crippen LogP contribution >= 0.6 is 11.6 Å². The smallest absolute Gasteiger partial charge is 0.240 e. The van der Waals surface area contributed by atoms with Crippen molar-refractivity contribution in [1.29, 1.82) is 0 Å². The summed E-state index contributed by atoms with van der Waals surface area (Å²) in [4.78, 5) is 11.5. The van der Waals surface area contributed by atoms with E-state index in [2.05, 4.69) is 10.5 Å². The van der Waals surface area contributed by atoms with E-state index >= 15 is 0 Å².